The van der Waals surface area contributed by atoms with Crippen LogP contribution in [0, 0.1) is 23.1 Å². The zero-order valence-corrected chi connectivity index (χ0v) is 12.4. The zero-order chi connectivity index (χ0) is 15.6. The molecule has 0 bridgehead atoms. The first kappa shape index (κ1) is 15.6. The molecule has 0 amide bonds. The molecule has 1 aromatic carbocycles. The molecule has 2 rings (SSSR count). The second-order valence-electron chi connectivity index (χ2n) is 5.04. The van der Waals surface area contributed by atoms with Crippen LogP contribution in [0.15, 0.2) is 23.1 Å². The molecule has 0 spiro atoms. The predicted octanol–water partition coefficient (Wildman–Crippen LogP) is 1.69. The SMILES string of the molecule is CC(=O)C1CCCN(S(=O)(=O)c2cccc(F)c2C#N)C1. The topological polar surface area (TPSA) is 78.2 Å². The van der Waals surface area contributed by atoms with Gasteiger partial charge < -0.3 is 0 Å². The second kappa shape index (κ2) is 5.92. The summed E-state index contributed by atoms with van der Waals surface area (Å²) in [7, 11) is -3.98. The Bertz CT molecular complexity index is 709. The van der Waals surface area contributed by atoms with Gasteiger partial charge >= 0.3 is 0 Å². The van der Waals surface area contributed by atoms with Gasteiger partial charge in [-0.25, -0.2) is 12.8 Å². The zero-order valence-electron chi connectivity index (χ0n) is 11.5. The average Bonchev–Trinajstić information content (AvgIpc) is 2.47. The molecule has 0 aliphatic carbocycles. The number of rotatable bonds is 3. The first-order chi connectivity index (χ1) is 9.87. The van der Waals surface area contributed by atoms with E-state index in [-0.39, 0.29) is 29.7 Å². The lowest BCUT2D eigenvalue weighted by atomic mass is 9.96. The third-order valence-corrected chi connectivity index (χ3v) is 5.57. The van der Waals surface area contributed by atoms with E-state index in [9.17, 15) is 17.6 Å². The maximum Gasteiger partial charge on any atom is 0.244 e. The first-order valence-corrected chi connectivity index (χ1v) is 8.01. The molecule has 1 atom stereocenters. The summed E-state index contributed by atoms with van der Waals surface area (Å²) in [6, 6.07) is 5.12. The van der Waals surface area contributed by atoms with Crippen LogP contribution in [0.4, 0.5) is 4.39 Å². The van der Waals surface area contributed by atoms with E-state index < -0.39 is 21.4 Å². The maximum absolute atomic E-state index is 13.6. The molecule has 1 saturated heterocycles. The van der Waals surface area contributed by atoms with Crippen LogP contribution in [0.3, 0.4) is 0 Å². The molecule has 0 saturated carbocycles. The highest BCUT2D eigenvalue weighted by Crippen LogP contribution is 2.27. The number of hydrogen-bond acceptors (Lipinski definition) is 4. The van der Waals surface area contributed by atoms with Crippen molar-refractivity contribution in [2.45, 2.75) is 24.7 Å². The number of hydrogen-bond donors (Lipinski definition) is 0. The molecular formula is C14H15FN2O3S. The number of carbonyl (C=O) groups is 1. The number of carbonyl (C=O) groups excluding carboxylic acids is 1. The molecule has 7 heteroatoms. The van der Waals surface area contributed by atoms with Gasteiger partial charge in [0.25, 0.3) is 0 Å². The number of piperidine rings is 1. The highest BCUT2D eigenvalue weighted by Gasteiger charge is 2.33. The van der Waals surface area contributed by atoms with Crippen LogP contribution >= 0.6 is 0 Å². The number of sulfonamides is 1. The minimum Gasteiger partial charge on any atom is -0.300 e. The standard InChI is InChI=1S/C14H15FN2O3S/c1-10(18)11-4-3-7-17(9-11)21(19,20)14-6-2-5-13(15)12(14)8-16/h2,5-6,11H,3-4,7,9H2,1H3. The van der Waals surface area contributed by atoms with Crippen LogP contribution in [0.1, 0.15) is 25.3 Å². The Hall–Kier alpha value is -1.78. The van der Waals surface area contributed by atoms with Crippen molar-refractivity contribution in [1.82, 2.24) is 4.31 Å². The Balaban J connectivity index is 2.41. The fourth-order valence-corrected chi connectivity index (χ4v) is 4.13. The van der Waals surface area contributed by atoms with Crippen LogP contribution in [0.2, 0.25) is 0 Å². The monoisotopic (exact) mass is 310 g/mol. The van der Waals surface area contributed by atoms with E-state index >= 15 is 0 Å². The molecular weight excluding hydrogens is 295 g/mol. The Morgan fingerprint density at radius 2 is 2.19 bits per heavy atom. The van der Waals surface area contributed by atoms with Gasteiger partial charge in [-0.05, 0) is 31.9 Å². The number of Topliss-reactive ketones (excluding diaryl/α,β-unsaturated/α-hetero) is 1. The van der Waals surface area contributed by atoms with Gasteiger partial charge in [0.2, 0.25) is 10.0 Å². The molecule has 0 radical (unpaired) electrons. The molecule has 112 valence electrons. The van der Waals surface area contributed by atoms with Gasteiger partial charge in [-0.1, -0.05) is 6.07 Å². The van der Waals surface area contributed by atoms with Crippen molar-refractivity contribution in [1.29, 1.82) is 5.26 Å². The van der Waals surface area contributed by atoms with Crippen molar-refractivity contribution in [3.8, 4) is 6.07 Å². The van der Waals surface area contributed by atoms with Crippen LogP contribution in [-0.2, 0) is 14.8 Å². The van der Waals surface area contributed by atoms with E-state index in [1.165, 1.54) is 19.1 Å². The summed E-state index contributed by atoms with van der Waals surface area (Å²) in [5.41, 5.74) is -0.484. The highest BCUT2D eigenvalue weighted by molar-refractivity contribution is 7.89. The van der Waals surface area contributed by atoms with E-state index in [0.29, 0.717) is 12.8 Å². The van der Waals surface area contributed by atoms with Gasteiger partial charge in [0, 0.05) is 19.0 Å². The summed E-state index contributed by atoms with van der Waals surface area (Å²) >= 11 is 0. The van der Waals surface area contributed by atoms with E-state index in [1.807, 2.05) is 0 Å². The van der Waals surface area contributed by atoms with Gasteiger partial charge in [-0.3, -0.25) is 4.79 Å². The molecule has 1 aliphatic rings. The van der Waals surface area contributed by atoms with E-state index in [0.717, 1.165) is 10.4 Å². The van der Waals surface area contributed by atoms with Crippen LogP contribution in [0.5, 0.6) is 0 Å². The van der Waals surface area contributed by atoms with Crippen molar-refractivity contribution in [2.24, 2.45) is 5.92 Å². The van der Waals surface area contributed by atoms with E-state index in [2.05, 4.69) is 0 Å². The second-order valence-corrected chi connectivity index (χ2v) is 6.94. The number of ketones is 1. The molecule has 0 N–H and O–H groups in total. The minimum absolute atomic E-state index is 0.0605. The Morgan fingerprint density at radius 3 is 2.81 bits per heavy atom. The molecule has 1 aliphatic heterocycles. The third-order valence-electron chi connectivity index (χ3n) is 3.66. The fourth-order valence-electron chi connectivity index (χ4n) is 2.46. The lowest BCUT2D eigenvalue weighted by Gasteiger charge is -2.30. The van der Waals surface area contributed by atoms with Crippen LogP contribution in [-0.4, -0.2) is 31.6 Å². The summed E-state index contributed by atoms with van der Waals surface area (Å²) in [5.74, 6) is -1.26. The number of benzene rings is 1. The molecule has 21 heavy (non-hydrogen) atoms. The van der Waals surface area contributed by atoms with Gasteiger partial charge in [0.05, 0.1) is 0 Å². The normalized spacial score (nSPS) is 20.0. The fraction of sp³-hybridized carbons (Fsp3) is 0.429. The van der Waals surface area contributed by atoms with E-state index in [4.69, 9.17) is 5.26 Å². The quantitative estimate of drug-likeness (QED) is 0.851. The van der Waals surface area contributed by atoms with E-state index in [1.54, 1.807) is 6.07 Å². The van der Waals surface area contributed by atoms with Crippen molar-refractivity contribution >= 4 is 15.8 Å². The smallest absolute Gasteiger partial charge is 0.244 e. The molecule has 0 aromatic heterocycles. The van der Waals surface area contributed by atoms with Gasteiger partial charge in [0.15, 0.2) is 0 Å². The largest absolute Gasteiger partial charge is 0.300 e. The Labute approximate surface area is 123 Å². The van der Waals surface area contributed by atoms with Gasteiger partial charge in [-0.15, -0.1) is 0 Å². The molecule has 1 aromatic rings. The minimum atomic E-state index is -3.98. The number of nitrogens with zero attached hydrogens (tertiary/aromatic N) is 2. The number of nitriles is 1. The van der Waals surface area contributed by atoms with Crippen LogP contribution in [0.25, 0.3) is 0 Å². The summed E-state index contributed by atoms with van der Waals surface area (Å²) in [5, 5.41) is 8.97. The van der Waals surface area contributed by atoms with Crippen molar-refractivity contribution in [3.63, 3.8) is 0 Å². The first-order valence-electron chi connectivity index (χ1n) is 6.57. The summed E-state index contributed by atoms with van der Waals surface area (Å²) < 4.78 is 39.9. The number of halogens is 1. The maximum atomic E-state index is 13.6. The molecule has 5 nitrogen and oxygen atoms in total. The lowest BCUT2D eigenvalue weighted by Crippen LogP contribution is -2.42. The van der Waals surface area contributed by atoms with Crippen molar-refractivity contribution < 1.29 is 17.6 Å². The lowest BCUT2D eigenvalue weighted by molar-refractivity contribution is -0.121. The van der Waals surface area contributed by atoms with Gasteiger partial charge in [-0.2, -0.15) is 9.57 Å². The van der Waals surface area contributed by atoms with Gasteiger partial charge in [0.1, 0.15) is 28.1 Å². The van der Waals surface area contributed by atoms with Crippen molar-refractivity contribution in [3.05, 3.63) is 29.6 Å². The molecule has 1 unspecified atom stereocenters. The summed E-state index contributed by atoms with van der Waals surface area (Å²) in [6.07, 6.45) is 1.22. The Kier molecular flexibility index (Phi) is 4.40. The summed E-state index contributed by atoms with van der Waals surface area (Å²) in [4.78, 5) is 11.1. The third kappa shape index (κ3) is 2.96. The Morgan fingerprint density at radius 1 is 1.48 bits per heavy atom. The average molecular weight is 310 g/mol. The molecule has 1 heterocycles. The van der Waals surface area contributed by atoms with Crippen molar-refractivity contribution in [2.75, 3.05) is 13.1 Å². The highest BCUT2D eigenvalue weighted by atomic mass is 32.2. The predicted molar refractivity (Wildman–Crippen MR) is 73.3 cm³/mol. The summed E-state index contributed by atoms with van der Waals surface area (Å²) in [6.45, 7) is 1.79. The molecule has 1 fully saturated rings. The van der Waals surface area contributed by atoms with Crippen LogP contribution < -0.4 is 0 Å².